The summed E-state index contributed by atoms with van der Waals surface area (Å²) in [6.45, 7) is 5.53. The van der Waals surface area contributed by atoms with Crippen molar-refractivity contribution in [2.24, 2.45) is 5.41 Å². The predicted molar refractivity (Wildman–Crippen MR) is 75.6 cm³/mol. The van der Waals surface area contributed by atoms with E-state index in [4.69, 9.17) is 16.3 Å². The van der Waals surface area contributed by atoms with Gasteiger partial charge in [-0.25, -0.2) is 14.8 Å². The van der Waals surface area contributed by atoms with Gasteiger partial charge in [-0.1, -0.05) is 19.9 Å². The number of carbonyl (C=O) groups excluding carboxylic acids is 1. The van der Waals surface area contributed by atoms with E-state index >= 15 is 0 Å². The van der Waals surface area contributed by atoms with Crippen LogP contribution in [0, 0.1) is 5.41 Å². The number of ether oxygens (including phenoxy) is 2. The van der Waals surface area contributed by atoms with Crippen molar-refractivity contribution in [3.63, 3.8) is 0 Å². The van der Waals surface area contributed by atoms with Crippen LogP contribution in [0.2, 0.25) is 5.28 Å². The molecule has 0 aromatic carbocycles. The topological polar surface area (TPSA) is 61.3 Å². The zero-order valence-corrected chi connectivity index (χ0v) is 12.5. The maximum absolute atomic E-state index is 11.4. The normalized spacial score (nSPS) is 18.1. The maximum Gasteiger partial charge on any atom is 0.356 e. The average Bonchev–Trinajstić information content (AvgIpc) is 2.36. The molecule has 1 aliphatic carbocycles. The summed E-state index contributed by atoms with van der Waals surface area (Å²) >= 11 is 5.81. The lowest BCUT2D eigenvalue weighted by molar-refractivity contribution is -0.0867. The molecule has 0 bridgehead atoms. The molecule has 1 spiro atoms. The number of allylic oxidation sites excluding steroid dienone is 1. The first-order valence-corrected chi connectivity index (χ1v) is 6.92. The van der Waals surface area contributed by atoms with Crippen molar-refractivity contribution in [2.45, 2.75) is 20.3 Å². The molecule has 0 radical (unpaired) electrons. The Morgan fingerprint density at radius 2 is 2.05 bits per heavy atom. The Bertz CT molecular complexity index is 553. The largest absolute Gasteiger partial charge is 0.464 e. The highest BCUT2D eigenvalue weighted by Crippen LogP contribution is 2.48. The predicted octanol–water partition coefficient (Wildman–Crippen LogP) is 2.75. The molecule has 0 N–H and O–H groups in total. The minimum absolute atomic E-state index is 0.0552. The first kappa shape index (κ1) is 14.9. The van der Waals surface area contributed by atoms with Crippen molar-refractivity contribution in [3.8, 4) is 0 Å². The van der Waals surface area contributed by atoms with Crippen LogP contribution >= 0.6 is 11.6 Å². The molecule has 0 unspecified atom stereocenters. The molecule has 1 fully saturated rings. The first-order chi connectivity index (χ1) is 9.62. The van der Waals surface area contributed by atoms with Crippen LogP contribution < -0.4 is 0 Å². The standard InChI is InChI=1S/C12H11ClN2O3.C2H6/c1-17-10(16)9-2-8(14-11(13)15-9)7-3-12(4-7)5-18-6-12;1-2/h2-3H,4-6H2,1H3;1-2H3. The minimum atomic E-state index is -0.512. The number of carbonyl (C=O) groups is 1. The van der Waals surface area contributed by atoms with Crippen molar-refractivity contribution in [1.82, 2.24) is 9.97 Å². The number of nitrogens with zero attached hydrogens (tertiary/aromatic N) is 2. The molecule has 2 aliphatic rings. The second kappa shape index (κ2) is 5.89. The van der Waals surface area contributed by atoms with Gasteiger partial charge in [0.2, 0.25) is 5.28 Å². The maximum atomic E-state index is 11.4. The number of hydrogen-bond donors (Lipinski definition) is 0. The molecule has 0 amide bonds. The van der Waals surface area contributed by atoms with E-state index in [9.17, 15) is 4.79 Å². The minimum Gasteiger partial charge on any atom is -0.464 e. The van der Waals surface area contributed by atoms with Gasteiger partial charge in [0.1, 0.15) is 0 Å². The number of hydrogen-bond acceptors (Lipinski definition) is 5. The third-order valence-corrected chi connectivity index (χ3v) is 3.39. The van der Waals surface area contributed by atoms with Crippen LogP contribution in [-0.4, -0.2) is 36.3 Å². The fourth-order valence-corrected chi connectivity index (χ4v) is 2.41. The second-order valence-corrected chi connectivity index (χ2v) is 4.94. The molecular formula is C14H17ClN2O3. The third kappa shape index (κ3) is 2.69. The summed E-state index contributed by atoms with van der Waals surface area (Å²) in [4.78, 5) is 19.4. The lowest BCUT2D eigenvalue weighted by atomic mass is 9.68. The van der Waals surface area contributed by atoms with Crippen LogP contribution in [0.3, 0.4) is 0 Å². The van der Waals surface area contributed by atoms with E-state index in [1.807, 2.05) is 13.8 Å². The number of methoxy groups -OCH3 is 1. The Balaban J connectivity index is 0.000000704. The smallest absolute Gasteiger partial charge is 0.356 e. The van der Waals surface area contributed by atoms with Crippen molar-refractivity contribution in [2.75, 3.05) is 20.3 Å². The molecule has 1 saturated heterocycles. The van der Waals surface area contributed by atoms with E-state index in [0.717, 1.165) is 25.2 Å². The molecule has 0 atom stereocenters. The van der Waals surface area contributed by atoms with Crippen LogP contribution in [0.1, 0.15) is 36.5 Å². The van der Waals surface area contributed by atoms with E-state index in [0.29, 0.717) is 5.69 Å². The fraction of sp³-hybridized carbons (Fsp3) is 0.500. The van der Waals surface area contributed by atoms with Crippen LogP contribution in [0.5, 0.6) is 0 Å². The fourth-order valence-electron chi connectivity index (χ4n) is 2.23. The lowest BCUT2D eigenvalue weighted by Gasteiger charge is -2.46. The van der Waals surface area contributed by atoms with Crippen molar-refractivity contribution < 1.29 is 14.3 Å². The molecular weight excluding hydrogens is 280 g/mol. The molecule has 1 aliphatic heterocycles. The number of rotatable bonds is 2. The van der Waals surface area contributed by atoms with Gasteiger partial charge in [0.05, 0.1) is 26.0 Å². The molecule has 20 heavy (non-hydrogen) atoms. The summed E-state index contributed by atoms with van der Waals surface area (Å²) in [6, 6.07) is 1.61. The Labute approximate surface area is 123 Å². The zero-order valence-electron chi connectivity index (χ0n) is 11.8. The molecule has 3 rings (SSSR count). The molecule has 6 heteroatoms. The van der Waals surface area contributed by atoms with E-state index in [1.165, 1.54) is 7.11 Å². The van der Waals surface area contributed by atoms with Gasteiger partial charge in [0, 0.05) is 5.41 Å². The summed E-state index contributed by atoms with van der Waals surface area (Å²) in [5.74, 6) is -0.512. The number of halogens is 1. The van der Waals surface area contributed by atoms with Crippen LogP contribution in [0.25, 0.3) is 5.57 Å². The third-order valence-electron chi connectivity index (χ3n) is 3.22. The van der Waals surface area contributed by atoms with Gasteiger partial charge < -0.3 is 9.47 Å². The van der Waals surface area contributed by atoms with Gasteiger partial charge in [0.25, 0.3) is 0 Å². The molecule has 5 nitrogen and oxygen atoms in total. The van der Waals surface area contributed by atoms with Crippen molar-refractivity contribution >= 4 is 23.1 Å². The van der Waals surface area contributed by atoms with Gasteiger partial charge in [-0.2, -0.15) is 0 Å². The second-order valence-electron chi connectivity index (χ2n) is 4.60. The van der Waals surface area contributed by atoms with E-state index < -0.39 is 5.97 Å². The highest BCUT2D eigenvalue weighted by atomic mass is 35.5. The Morgan fingerprint density at radius 3 is 2.55 bits per heavy atom. The van der Waals surface area contributed by atoms with Gasteiger partial charge in [0.15, 0.2) is 5.69 Å². The van der Waals surface area contributed by atoms with Gasteiger partial charge in [-0.3, -0.25) is 0 Å². The highest BCUT2D eigenvalue weighted by Gasteiger charge is 2.44. The van der Waals surface area contributed by atoms with E-state index in [2.05, 4.69) is 20.8 Å². The summed E-state index contributed by atoms with van der Waals surface area (Å²) in [6.07, 6.45) is 3.04. The molecule has 1 aromatic rings. The quantitative estimate of drug-likeness (QED) is 0.620. The van der Waals surface area contributed by atoms with E-state index in [1.54, 1.807) is 6.07 Å². The number of aromatic nitrogens is 2. The monoisotopic (exact) mass is 296 g/mol. The summed E-state index contributed by atoms with van der Waals surface area (Å²) in [5.41, 5.74) is 2.14. The zero-order chi connectivity index (χ0) is 14.8. The Kier molecular flexibility index (Phi) is 4.40. The highest BCUT2D eigenvalue weighted by molar-refractivity contribution is 6.28. The number of esters is 1. The average molecular weight is 297 g/mol. The van der Waals surface area contributed by atoms with Gasteiger partial charge in [-0.05, 0) is 29.7 Å². The Hall–Kier alpha value is -1.46. The summed E-state index contributed by atoms with van der Waals surface area (Å²) < 4.78 is 9.81. The van der Waals surface area contributed by atoms with Crippen molar-refractivity contribution in [1.29, 1.82) is 0 Å². The van der Waals surface area contributed by atoms with Gasteiger partial charge >= 0.3 is 5.97 Å². The molecule has 1 aromatic heterocycles. The van der Waals surface area contributed by atoms with Crippen molar-refractivity contribution in [3.05, 3.63) is 28.8 Å². The van der Waals surface area contributed by atoms with Crippen LogP contribution in [0.15, 0.2) is 12.1 Å². The summed E-state index contributed by atoms with van der Waals surface area (Å²) in [7, 11) is 1.31. The molecule has 2 heterocycles. The van der Waals surface area contributed by atoms with E-state index in [-0.39, 0.29) is 16.4 Å². The Morgan fingerprint density at radius 1 is 1.40 bits per heavy atom. The lowest BCUT2D eigenvalue weighted by Crippen LogP contribution is -2.45. The van der Waals surface area contributed by atoms with Crippen LogP contribution in [0.4, 0.5) is 0 Å². The molecule has 0 saturated carbocycles. The SMILES string of the molecule is CC.COC(=O)c1cc(C2=CC3(COC3)C2)nc(Cl)n1. The summed E-state index contributed by atoms with van der Waals surface area (Å²) in [5, 5.41) is 0.0552. The first-order valence-electron chi connectivity index (χ1n) is 6.55. The molecule has 108 valence electrons. The van der Waals surface area contributed by atoms with Gasteiger partial charge in [-0.15, -0.1) is 0 Å². The van der Waals surface area contributed by atoms with Crippen LogP contribution in [-0.2, 0) is 9.47 Å².